The second-order valence-electron chi connectivity index (χ2n) is 11.2. The van der Waals surface area contributed by atoms with Gasteiger partial charge in [-0.25, -0.2) is 0 Å². The minimum Gasteiger partial charge on any atom is -0.375 e. The van der Waals surface area contributed by atoms with Crippen LogP contribution in [-0.2, 0) is 23.9 Å². The predicted molar refractivity (Wildman–Crippen MR) is 136 cm³/mol. The zero-order chi connectivity index (χ0) is 27.3. The Balaban J connectivity index is 4.15. The molecular formula is C25H50N4O6. The topological polar surface area (TPSA) is 152 Å². The first-order valence-corrected chi connectivity index (χ1v) is 12.6. The fourth-order valence-electron chi connectivity index (χ4n) is 2.97. The van der Waals surface area contributed by atoms with E-state index >= 15 is 0 Å². The van der Waals surface area contributed by atoms with Crippen LogP contribution in [0.25, 0.3) is 0 Å². The van der Waals surface area contributed by atoms with E-state index in [9.17, 15) is 14.4 Å². The van der Waals surface area contributed by atoms with E-state index in [-0.39, 0.29) is 24.3 Å². The highest BCUT2D eigenvalue weighted by Crippen LogP contribution is 2.26. The maximum Gasteiger partial charge on any atom is 0.246 e. The molecule has 0 saturated carbocycles. The minimum absolute atomic E-state index is 0.0492. The lowest BCUT2D eigenvalue weighted by Crippen LogP contribution is -2.42. The number of hydrogen-bond acceptors (Lipinski definition) is 7. The van der Waals surface area contributed by atoms with Crippen LogP contribution < -0.4 is 21.8 Å². The van der Waals surface area contributed by atoms with Crippen LogP contribution in [-0.4, -0.2) is 66.5 Å². The fourth-order valence-corrected chi connectivity index (χ4v) is 2.97. The molecule has 0 aliphatic rings. The van der Waals surface area contributed by atoms with Crippen molar-refractivity contribution in [2.24, 2.45) is 17.1 Å². The summed E-state index contributed by atoms with van der Waals surface area (Å²) in [4.78, 5) is 35.5. The van der Waals surface area contributed by atoms with Crippen LogP contribution in [0.4, 0.5) is 0 Å². The molecule has 0 aromatic rings. The van der Waals surface area contributed by atoms with E-state index in [1.165, 1.54) is 0 Å². The lowest BCUT2D eigenvalue weighted by atomic mass is 9.80. The van der Waals surface area contributed by atoms with Gasteiger partial charge in [0.25, 0.3) is 0 Å². The highest BCUT2D eigenvalue weighted by Gasteiger charge is 2.31. The Bertz CT molecular complexity index is 664. The maximum atomic E-state index is 12.4. The van der Waals surface area contributed by atoms with Gasteiger partial charge in [-0.05, 0) is 65.7 Å². The van der Waals surface area contributed by atoms with Crippen LogP contribution >= 0.6 is 0 Å². The molecule has 6 N–H and O–H groups in total. The average Bonchev–Trinajstić information content (AvgIpc) is 2.73. The summed E-state index contributed by atoms with van der Waals surface area (Å²) in [6.45, 7) is 17.2. The van der Waals surface area contributed by atoms with Gasteiger partial charge in [-0.2, -0.15) is 5.48 Å². The van der Waals surface area contributed by atoms with Gasteiger partial charge in [0.05, 0.1) is 17.8 Å². The van der Waals surface area contributed by atoms with Gasteiger partial charge in [-0.1, -0.05) is 27.7 Å². The molecular weight excluding hydrogens is 452 g/mol. The first-order chi connectivity index (χ1) is 16.0. The van der Waals surface area contributed by atoms with Gasteiger partial charge in [0.1, 0.15) is 12.6 Å². The summed E-state index contributed by atoms with van der Waals surface area (Å²) in [5.74, 6) is -0.530. The van der Waals surface area contributed by atoms with E-state index in [0.717, 1.165) is 0 Å². The van der Waals surface area contributed by atoms with Gasteiger partial charge in [0.15, 0.2) is 0 Å². The molecule has 0 saturated heterocycles. The van der Waals surface area contributed by atoms with Crippen molar-refractivity contribution in [2.45, 2.75) is 105 Å². The monoisotopic (exact) mass is 502 g/mol. The normalized spacial score (nSPS) is 13.5. The van der Waals surface area contributed by atoms with E-state index in [1.807, 2.05) is 60.9 Å². The van der Waals surface area contributed by atoms with E-state index < -0.39 is 28.6 Å². The molecule has 10 nitrogen and oxygen atoms in total. The SMILES string of the molecule is CC(C)C(C)(C)C(=O)NCCC(C)(C)OCCC(C)(C)OCC(=O)NCCCCC(NO)C(N)=O. The van der Waals surface area contributed by atoms with E-state index in [2.05, 4.69) is 10.6 Å². The summed E-state index contributed by atoms with van der Waals surface area (Å²) < 4.78 is 11.8. The number of nitrogens with two attached hydrogens (primary N) is 1. The summed E-state index contributed by atoms with van der Waals surface area (Å²) in [7, 11) is 0. The van der Waals surface area contributed by atoms with Crippen LogP contribution in [0.15, 0.2) is 0 Å². The van der Waals surface area contributed by atoms with Gasteiger partial charge in [0.2, 0.25) is 17.7 Å². The predicted octanol–water partition coefficient (Wildman–Crippen LogP) is 2.27. The Hall–Kier alpha value is -1.75. The van der Waals surface area contributed by atoms with Crippen LogP contribution in [0, 0.1) is 11.3 Å². The maximum absolute atomic E-state index is 12.4. The molecule has 0 heterocycles. The quantitative estimate of drug-likeness (QED) is 0.134. The third kappa shape index (κ3) is 14.4. The van der Waals surface area contributed by atoms with Gasteiger partial charge in [-0.3, -0.25) is 14.4 Å². The Morgan fingerprint density at radius 3 is 2.03 bits per heavy atom. The number of ether oxygens (including phenoxy) is 2. The standard InChI is InChI=1S/C25H50N4O6/c1-18(2)25(7,8)22(32)28-15-12-23(3,4)34-16-13-24(5,6)35-17-20(30)27-14-10-9-11-19(29-33)21(26)31/h18-19,29,33H,9-17H2,1-8H3,(H2,26,31)(H,27,30)(H,28,32). The number of unbranched alkanes of at least 4 members (excludes halogenated alkanes) is 1. The van der Waals surface area contributed by atoms with Crippen LogP contribution in [0.3, 0.4) is 0 Å². The molecule has 1 atom stereocenters. The van der Waals surface area contributed by atoms with Crippen molar-refractivity contribution in [1.29, 1.82) is 0 Å². The molecule has 10 heteroatoms. The average molecular weight is 503 g/mol. The fraction of sp³-hybridized carbons (Fsp3) is 0.880. The van der Waals surface area contributed by atoms with Crippen molar-refractivity contribution >= 4 is 17.7 Å². The largest absolute Gasteiger partial charge is 0.375 e. The van der Waals surface area contributed by atoms with E-state index in [4.69, 9.17) is 20.4 Å². The van der Waals surface area contributed by atoms with Gasteiger partial charge in [-0.15, -0.1) is 0 Å². The number of nitrogens with one attached hydrogen (secondary N) is 3. The number of hydroxylamine groups is 1. The molecule has 206 valence electrons. The Kier molecular flexibility index (Phi) is 14.6. The summed E-state index contributed by atoms with van der Waals surface area (Å²) in [6, 6.07) is -0.780. The third-order valence-corrected chi connectivity index (χ3v) is 6.57. The zero-order valence-electron chi connectivity index (χ0n) is 23.1. The summed E-state index contributed by atoms with van der Waals surface area (Å²) in [5.41, 5.74) is 5.66. The van der Waals surface area contributed by atoms with Crippen molar-refractivity contribution in [3.05, 3.63) is 0 Å². The van der Waals surface area contributed by atoms with Crippen molar-refractivity contribution in [1.82, 2.24) is 16.1 Å². The molecule has 3 amide bonds. The summed E-state index contributed by atoms with van der Waals surface area (Å²) >= 11 is 0. The summed E-state index contributed by atoms with van der Waals surface area (Å²) in [5, 5.41) is 14.6. The lowest BCUT2D eigenvalue weighted by Gasteiger charge is -2.31. The zero-order valence-corrected chi connectivity index (χ0v) is 23.1. The third-order valence-electron chi connectivity index (χ3n) is 6.57. The molecule has 0 rings (SSSR count). The van der Waals surface area contributed by atoms with Crippen molar-refractivity contribution in [3.63, 3.8) is 0 Å². The molecule has 0 spiro atoms. The van der Waals surface area contributed by atoms with Gasteiger partial charge < -0.3 is 31.0 Å². The molecule has 0 fully saturated rings. The van der Waals surface area contributed by atoms with E-state index in [1.54, 1.807) is 0 Å². The number of carbonyl (C=O) groups is 3. The Morgan fingerprint density at radius 2 is 1.49 bits per heavy atom. The molecule has 0 aromatic carbocycles. The van der Waals surface area contributed by atoms with Crippen LogP contribution in [0.1, 0.15) is 87.5 Å². The first kappa shape index (κ1) is 33.2. The van der Waals surface area contributed by atoms with Gasteiger partial charge >= 0.3 is 0 Å². The molecule has 0 aliphatic carbocycles. The second kappa shape index (κ2) is 15.4. The van der Waals surface area contributed by atoms with Crippen molar-refractivity contribution in [2.75, 3.05) is 26.3 Å². The van der Waals surface area contributed by atoms with Crippen LogP contribution in [0.2, 0.25) is 0 Å². The van der Waals surface area contributed by atoms with Crippen molar-refractivity contribution < 1.29 is 29.1 Å². The number of carbonyl (C=O) groups excluding carboxylic acids is 3. The smallest absolute Gasteiger partial charge is 0.246 e. The molecule has 1 unspecified atom stereocenters. The highest BCUT2D eigenvalue weighted by atomic mass is 16.5. The number of rotatable bonds is 19. The first-order valence-electron chi connectivity index (χ1n) is 12.6. The minimum atomic E-state index is -0.780. The Morgan fingerprint density at radius 1 is 0.886 bits per heavy atom. The molecule has 35 heavy (non-hydrogen) atoms. The van der Waals surface area contributed by atoms with E-state index in [0.29, 0.717) is 51.8 Å². The number of amides is 3. The van der Waals surface area contributed by atoms with Crippen LogP contribution in [0.5, 0.6) is 0 Å². The highest BCUT2D eigenvalue weighted by molar-refractivity contribution is 5.82. The number of primary amides is 1. The van der Waals surface area contributed by atoms with Crippen molar-refractivity contribution in [3.8, 4) is 0 Å². The molecule has 0 radical (unpaired) electrons. The molecule has 0 bridgehead atoms. The second-order valence-corrected chi connectivity index (χ2v) is 11.2. The lowest BCUT2D eigenvalue weighted by molar-refractivity contribution is -0.134. The van der Waals surface area contributed by atoms with Gasteiger partial charge in [0, 0.05) is 18.5 Å². The number of hydrogen-bond donors (Lipinski definition) is 5. The Labute approximate surface area is 211 Å². The summed E-state index contributed by atoms with van der Waals surface area (Å²) in [6.07, 6.45) is 2.97. The molecule has 0 aromatic heterocycles. The molecule has 0 aliphatic heterocycles.